The molecule has 0 saturated carbocycles. The number of carbonyl (C=O) groups is 1. The average molecular weight is 322 g/mol. The number of hydrogen-bond donors (Lipinski definition) is 0. The van der Waals surface area contributed by atoms with Gasteiger partial charge >= 0.3 is 5.97 Å². The zero-order valence-corrected chi connectivity index (χ0v) is 12.4. The summed E-state index contributed by atoms with van der Waals surface area (Å²) < 4.78 is 10.3. The molecule has 21 heavy (non-hydrogen) atoms. The summed E-state index contributed by atoms with van der Waals surface area (Å²) in [6.07, 6.45) is 0. The second-order valence-electron chi connectivity index (χ2n) is 4.35. The highest BCUT2D eigenvalue weighted by atomic mass is 35.5. The van der Waals surface area contributed by atoms with E-state index in [1.54, 1.807) is 36.4 Å². The molecule has 0 radical (unpaired) electrons. The maximum atomic E-state index is 11.5. The Morgan fingerprint density at radius 2 is 1.86 bits per heavy atom. The van der Waals surface area contributed by atoms with Gasteiger partial charge in [0.2, 0.25) is 5.89 Å². The maximum absolute atomic E-state index is 11.5. The van der Waals surface area contributed by atoms with Crippen molar-refractivity contribution in [1.82, 2.24) is 4.98 Å². The van der Waals surface area contributed by atoms with Crippen molar-refractivity contribution in [2.45, 2.75) is 0 Å². The standard InChI is InChI=1S/C15H9Cl2NO3/c1-20-15(19)8-2-3-12-13(6-8)21-14(18-12)9-4-10(16)7-11(17)5-9/h2-7H,1H3. The molecule has 1 aromatic heterocycles. The predicted octanol–water partition coefficient (Wildman–Crippen LogP) is 4.59. The first-order valence-electron chi connectivity index (χ1n) is 6.02. The van der Waals surface area contributed by atoms with Crippen LogP contribution >= 0.6 is 23.2 Å². The monoisotopic (exact) mass is 321 g/mol. The summed E-state index contributed by atoms with van der Waals surface area (Å²) >= 11 is 11.9. The summed E-state index contributed by atoms with van der Waals surface area (Å²) in [5, 5.41) is 0.991. The van der Waals surface area contributed by atoms with Gasteiger partial charge in [-0.25, -0.2) is 9.78 Å². The predicted molar refractivity (Wildman–Crippen MR) is 80.8 cm³/mol. The van der Waals surface area contributed by atoms with E-state index in [2.05, 4.69) is 9.72 Å². The number of fused-ring (bicyclic) bond motifs is 1. The quantitative estimate of drug-likeness (QED) is 0.648. The Morgan fingerprint density at radius 3 is 2.52 bits per heavy atom. The summed E-state index contributed by atoms with van der Waals surface area (Å²) in [4.78, 5) is 15.9. The van der Waals surface area contributed by atoms with Gasteiger partial charge in [0.05, 0.1) is 12.7 Å². The lowest BCUT2D eigenvalue weighted by Crippen LogP contribution is -2.00. The fourth-order valence-electron chi connectivity index (χ4n) is 1.97. The molecule has 3 rings (SSSR count). The molecule has 0 saturated heterocycles. The van der Waals surface area contributed by atoms with Gasteiger partial charge in [-0.2, -0.15) is 0 Å². The highest BCUT2D eigenvalue weighted by Crippen LogP contribution is 2.29. The average Bonchev–Trinajstić information content (AvgIpc) is 2.88. The largest absolute Gasteiger partial charge is 0.465 e. The number of oxazole rings is 1. The van der Waals surface area contributed by atoms with E-state index in [1.807, 2.05) is 0 Å². The van der Waals surface area contributed by atoms with E-state index < -0.39 is 5.97 Å². The fourth-order valence-corrected chi connectivity index (χ4v) is 2.50. The van der Waals surface area contributed by atoms with Gasteiger partial charge in [0.25, 0.3) is 0 Å². The van der Waals surface area contributed by atoms with E-state index in [9.17, 15) is 4.79 Å². The molecule has 0 amide bonds. The van der Waals surface area contributed by atoms with Crippen molar-refractivity contribution in [2.24, 2.45) is 0 Å². The number of hydrogen-bond acceptors (Lipinski definition) is 4. The normalized spacial score (nSPS) is 10.8. The molecule has 0 aliphatic carbocycles. The lowest BCUT2D eigenvalue weighted by atomic mass is 10.2. The highest BCUT2D eigenvalue weighted by Gasteiger charge is 2.13. The van der Waals surface area contributed by atoms with Gasteiger partial charge < -0.3 is 9.15 Å². The third-order valence-electron chi connectivity index (χ3n) is 2.92. The first kappa shape index (κ1) is 13.9. The molecular formula is C15H9Cl2NO3. The van der Waals surface area contributed by atoms with Crippen LogP contribution < -0.4 is 0 Å². The van der Waals surface area contributed by atoms with E-state index in [0.717, 1.165) is 0 Å². The minimum Gasteiger partial charge on any atom is -0.465 e. The van der Waals surface area contributed by atoms with Gasteiger partial charge in [0.15, 0.2) is 5.58 Å². The summed E-state index contributed by atoms with van der Waals surface area (Å²) in [7, 11) is 1.33. The summed E-state index contributed by atoms with van der Waals surface area (Å²) in [6, 6.07) is 9.96. The van der Waals surface area contributed by atoms with Gasteiger partial charge in [-0.3, -0.25) is 0 Å². The molecule has 3 aromatic rings. The third-order valence-corrected chi connectivity index (χ3v) is 3.36. The van der Waals surface area contributed by atoms with Crippen LogP contribution in [-0.4, -0.2) is 18.1 Å². The number of benzene rings is 2. The Labute approximate surface area is 130 Å². The van der Waals surface area contributed by atoms with Crippen molar-refractivity contribution in [3.63, 3.8) is 0 Å². The second-order valence-corrected chi connectivity index (χ2v) is 5.22. The van der Waals surface area contributed by atoms with Crippen LogP contribution in [0.15, 0.2) is 40.8 Å². The van der Waals surface area contributed by atoms with Gasteiger partial charge in [-0.15, -0.1) is 0 Å². The molecular weight excluding hydrogens is 313 g/mol. The summed E-state index contributed by atoms with van der Waals surface area (Å²) in [5.74, 6) is -0.0444. The van der Waals surface area contributed by atoms with Crippen LogP contribution in [0.4, 0.5) is 0 Å². The van der Waals surface area contributed by atoms with Crippen LogP contribution in [0, 0.1) is 0 Å². The van der Waals surface area contributed by atoms with Crippen molar-refractivity contribution < 1.29 is 13.9 Å². The smallest absolute Gasteiger partial charge is 0.337 e. The first-order valence-corrected chi connectivity index (χ1v) is 6.78. The topological polar surface area (TPSA) is 52.3 Å². The van der Waals surface area contributed by atoms with Crippen LogP contribution in [0.2, 0.25) is 10.0 Å². The molecule has 0 bridgehead atoms. The van der Waals surface area contributed by atoms with Crippen molar-refractivity contribution >= 4 is 40.3 Å². The number of ether oxygens (including phenoxy) is 1. The summed E-state index contributed by atoms with van der Waals surface area (Å²) in [5.41, 5.74) is 2.19. The van der Waals surface area contributed by atoms with Crippen molar-refractivity contribution in [1.29, 1.82) is 0 Å². The fraction of sp³-hybridized carbons (Fsp3) is 0.0667. The van der Waals surface area contributed by atoms with E-state index in [0.29, 0.717) is 38.2 Å². The molecule has 0 atom stereocenters. The SMILES string of the molecule is COC(=O)c1ccc2nc(-c3cc(Cl)cc(Cl)c3)oc2c1. The van der Waals surface area contributed by atoms with E-state index in [1.165, 1.54) is 7.11 Å². The number of carbonyl (C=O) groups excluding carboxylic acids is 1. The van der Waals surface area contributed by atoms with Crippen LogP contribution in [0.25, 0.3) is 22.6 Å². The number of rotatable bonds is 2. The van der Waals surface area contributed by atoms with E-state index in [-0.39, 0.29) is 0 Å². The number of halogens is 2. The maximum Gasteiger partial charge on any atom is 0.337 e. The minimum atomic E-state index is -0.430. The van der Waals surface area contributed by atoms with Crippen molar-refractivity contribution in [3.8, 4) is 11.5 Å². The molecule has 0 aliphatic heterocycles. The molecule has 4 nitrogen and oxygen atoms in total. The van der Waals surface area contributed by atoms with Crippen molar-refractivity contribution in [3.05, 3.63) is 52.0 Å². The molecule has 106 valence electrons. The molecule has 2 aromatic carbocycles. The number of methoxy groups -OCH3 is 1. The number of nitrogens with zero attached hydrogens (tertiary/aromatic N) is 1. The molecule has 1 heterocycles. The second kappa shape index (κ2) is 5.39. The molecule has 0 fully saturated rings. The van der Waals surface area contributed by atoms with Gasteiger partial charge in [-0.05, 0) is 36.4 Å². The number of esters is 1. The molecule has 0 N–H and O–H groups in total. The zero-order chi connectivity index (χ0) is 15.0. The highest BCUT2D eigenvalue weighted by molar-refractivity contribution is 6.35. The third kappa shape index (κ3) is 2.73. The lowest BCUT2D eigenvalue weighted by Gasteiger charge is -1.98. The Bertz CT molecular complexity index is 822. The lowest BCUT2D eigenvalue weighted by molar-refractivity contribution is 0.0601. The van der Waals surface area contributed by atoms with E-state index in [4.69, 9.17) is 27.6 Å². The molecule has 6 heteroatoms. The van der Waals surface area contributed by atoms with Crippen LogP contribution in [-0.2, 0) is 4.74 Å². The Balaban J connectivity index is 2.10. The Morgan fingerprint density at radius 1 is 1.14 bits per heavy atom. The number of aromatic nitrogens is 1. The Kier molecular flexibility index (Phi) is 3.57. The van der Waals surface area contributed by atoms with Gasteiger partial charge in [0.1, 0.15) is 5.52 Å². The summed E-state index contributed by atoms with van der Waals surface area (Å²) in [6.45, 7) is 0. The molecule has 0 unspecified atom stereocenters. The van der Waals surface area contributed by atoms with E-state index >= 15 is 0 Å². The van der Waals surface area contributed by atoms with Crippen LogP contribution in [0.3, 0.4) is 0 Å². The zero-order valence-electron chi connectivity index (χ0n) is 10.9. The van der Waals surface area contributed by atoms with Crippen LogP contribution in [0.1, 0.15) is 10.4 Å². The molecule has 0 aliphatic rings. The Hall–Kier alpha value is -2.04. The first-order chi connectivity index (χ1) is 10.1. The minimum absolute atomic E-state index is 0.386. The van der Waals surface area contributed by atoms with Gasteiger partial charge in [0, 0.05) is 15.6 Å². The van der Waals surface area contributed by atoms with Gasteiger partial charge in [-0.1, -0.05) is 23.2 Å². The molecule has 0 spiro atoms. The van der Waals surface area contributed by atoms with Crippen molar-refractivity contribution in [2.75, 3.05) is 7.11 Å². The van der Waals surface area contributed by atoms with Crippen LogP contribution in [0.5, 0.6) is 0 Å².